The maximum absolute atomic E-state index is 10.9. The Bertz CT molecular complexity index is 433. The van der Waals surface area contributed by atoms with Gasteiger partial charge in [-0.25, -0.2) is 0 Å². The summed E-state index contributed by atoms with van der Waals surface area (Å²) in [6.45, 7) is 2.79. The van der Waals surface area contributed by atoms with Gasteiger partial charge in [0.2, 0.25) is 0 Å². The molecule has 4 heteroatoms. The van der Waals surface area contributed by atoms with E-state index >= 15 is 0 Å². The van der Waals surface area contributed by atoms with Crippen molar-refractivity contribution < 1.29 is 14.6 Å². The van der Waals surface area contributed by atoms with Gasteiger partial charge in [-0.05, 0) is 30.5 Å². The first-order valence-corrected chi connectivity index (χ1v) is 6.72. The number of nitrogens with zero attached hydrogens (tertiary/aromatic N) is 1. The first-order chi connectivity index (χ1) is 9.19. The Morgan fingerprint density at radius 1 is 1.42 bits per heavy atom. The Balaban J connectivity index is 2.03. The number of aliphatic carboxylic acids is 1. The van der Waals surface area contributed by atoms with Crippen molar-refractivity contribution in [3.05, 3.63) is 35.4 Å². The summed E-state index contributed by atoms with van der Waals surface area (Å²) in [6, 6.07) is 7.80. The van der Waals surface area contributed by atoms with Gasteiger partial charge in [-0.3, -0.25) is 9.69 Å². The average Bonchev–Trinajstić information content (AvgIpc) is 2.41. The molecule has 19 heavy (non-hydrogen) atoms. The molecule has 2 rings (SSSR count). The highest BCUT2D eigenvalue weighted by Gasteiger charge is 2.20. The topological polar surface area (TPSA) is 49.8 Å². The van der Waals surface area contributed by atoms with Gasteiger partial charge >= 0.3 is 5.97 Å². The third-order valence-electron chi connectivity index (χ3n) is 3.65. The van der Waals surface area contributed by atoms with E-state index < -0.39 is 5.97 Å². The highest BCUT2D eigenvalue weighted by Crippen LogP contribution is 2.18. The molecule has 1 aromatic carbocycles. The minimum absolute atomic E-state index is 0.0950. The summed E-state index contributed by atoms with van der Waals surface area (Å²) < 4.78 is 5.42. The lowest BCUT2D eigenvalue weighted by Gasteiger charge is -2.32. The number of likely N-dealkylation sites (tertiary alicyclic amines) is 1. The molecule has 104 valence electrons. The highest BCUT2D eigenvalue weighted by atomic mass is 16.5. The standard InChI is InChI=1S/C15H21NO3/c1-19-14-7-4-8-16(11-14)10-13-6-3-2-5-12(13)9-15(17)18/h2-3,5-6,14H,4,7-11H2,1H3,(H,17,18). The predicted octanol–water partition coefficient (Wildman–Crippen LogP) is 1.92. The van der Waals surface area contributed by atoms with Crippen molar-refractivity contribution in [1.82, 2.24) is 4.90 Å². The second-order valence-electron chi connectivity index (χ2n) is 5.07. The van der Waals surface area contributed by atoms with E-state index in [1.165, 1.54) is 0 Å². The molecular weight excluding hydrogens is 242 g/mol. The van der Waals surface area contributed by atoms with Crippen LogP contribution in [0.3, 0.4) is 0 Å². The summed E-state index contributed by atoms with van der Waals surface area (Å²) in [4.78, 5) is 13.2. The molecule has 1 aliphatic heterocycles. The van der Waals surface area contributed by atoms with E-state index in [-0.39, 0.29) is 6.42 Å². The molecule has 1 N–H and O–H groups in total. The van der Waals surface area contributed by atoms with Gasteiger partial charge < -0.3 is 9.84 Å². The quantitative estimate of drug-likeness (QED) is 0.882. The number of benzene rings is 1. The normalized spacial score (nSPS) is 20.4. The van der Waals surface area contributed by atoms with Crippen LogP contribution in [0.25, 0.3) is 0 Å². The molecule has 1 fully saturated rings. The molecule has 1 saturated heterocycles. The molecule has 0 aromatic heterocycles. The number of ether oxygens (including phenoxy) is 1. The number of hydrogen-bond donors (Lipinski definition) is 1. The lowest BCUT2D eigenvalue weighted by molar-refractivity contribution is -0.136. The molecule has 1 aromatic rings. The van der Waals surface area contributed by atoms with Crippen molar-refractivity contribution in [1.29, 1.82) is 0 Å². The third kappa shape index (κ3) is 4.04. The van der Waals surface area contributed by atoms with Gasteiger partial charge in [-0.2, -0.15) is 0 Å². The number of carboxylic acids is 1. The van der Waals surface area contributed by atoms with Gasteiger partial charge in [0.1, 0.15) is 0 Å². The summed E-state index contributed by atoms with van der Waals surface area (Å²) in [5, 5.41) is 8.94. The van der Waals surface area contributed by atoms with Crippen molar-refractivity contribution in [2.45, 2.75) is 31.9 Å². The number of methoxy groups -OCH3 is 1. The molecular formula is C15H21NO3. The van der Waals surface area contributed by atoms with Crippen molar-refractivity contribution in [3.63, 3.8) is 0 Å². The van der Waals surface area contributed by atoms with E-state index in [1.54, 1.807) is 7.11 Å². The zero-order valence-corrected chi connectivity index (χ0v) is 11.3. The Hall–Kier alpha value is -1.39. The van der Waals surface area contributed by atoms with Crippen LogP contribution in [-0.2, 0) is 22.5 Å². The molecule has 4 nitrogen and oxygen atoms in total. The predicted molar refractivity (Wildman–Crippen MR) is 73.1 cm³/mol. The Kier molecular flexibility index (Phi) is 4.93. The number of piperidine rings is 1. The number of hydrogen-bond acceptors (Lipinski definition) is 3. The fourth-order valence-electron chi connectivity index (χ4n) is 2.64. The monoisotopic (exact) mass is 263 g/mol. The Morgan fingerprint density at radius 3 is 2.84 bits per heavy atom. The molecule has 1 aliphatic rings. The second-order valence-corrected chi connectivity index (χ2v) is 5.07. The molecule has 0 radical (unpaired) electrons. The largest absolute Gasteiger partial charge is 0.481 e. The summed E-state index contributed by atoms with van der Waals surface area (Å²) >= 11 is 0. The zero-order valence-electron chi connectivity index (χ0n) is 11.3. The lowest BCUT2D eigenvalue weighted by atomic mass is 10.0. The summed E-state index contributed by atoms with van der Waals surface area (Å²) in [5.74, 6) is -0.777. The number of rotatable bonds is 5. The molecule has 1 unspecified atom stereocenters. The van der Waals surface area contributed by atoms with Crippen LogP contribution in [0.4, 0.5) is 0 Å². The highest BCUT2D eigenvalue weighted by molar-refractivity contribution is 5.70. The number of carboxylic acid groups (broad SMARTS) is 1. The smallest absolute Gasteiger partial charge is 0.307 e. The van der Waals surface area contributed by atoms with Gasteiger partial charge in [-0.1, -0.05) is 24.3 Å². The SMILES string of the molecule is COC1CCCN(Cc2ccccc2CC(=O)O)C1. The Labute approximate surface area is 114 Å². The van der Waals surface area contributed by atoms with E-state index in [9.17, 15) is 4.79 Å². The summed E-state index contributed by atoms with van der Waals surface area (Å²) in [5.41, 5.74) is 2.02. The van der Waals surface area contributed by atoms with Crippen LogP contribution in [0.1, 0.15) is 24.0 Å². The average molecular weight is 263 g/mol. The maximum Gasteiger partial charge on any atom is 0.307 e. The van der Waals surface area contributed by atoms with E-state index in [2.05, 4.69) is 4.90 Å². The first kappa shape index (κ1) is 14.0. The van der Waals surface area contributed by atoms with E-state index in [0.29, 0.717) is 6.10 Å². The summed E-state index contributed by atoms with van der Waals surface area (Å²) in [6.07, 6.45) is 2.65. The van der Waals surface area contributed by atoms with Gasteiger partial charge in [0, 0.05) is 20.2 Å². The van der Waals surface area contributed by atoms with Crippen LogP contribution >= 0.6 is 0 Å². The van der Waals surface area contributed by atoms with Gasteiger partial charge in [0.15, 0.2) is 0 Å². The summed E-state index contributed by atoms with van der Waals surface area (Å²) in [7, 11) is 1.76. The van der Waals surface area contributed by atoms with E-state index in [0.717, 1.165) is 43.6 Å². The van der Waals surface area contributed by atoms with Crippen molar-refractivity contribution in [3.8, 4) is 0 Å². The minimum Gasteiger partial charge on any atom is -0.481 e. The number of carbonyl (C=O) groups is 1. The maximum atomic E-state index is 10.9. The molecule has 0 spiro atoms. The molecule has 0 amide bonds. The van der Waals surface area contributed by atoms with Crippen LogP contribution in [0.5, 0.6) is 0 Å². The molecule has 0 aliphatic carbocycles. The van der Waals surface area contributed by atoms with Gasteiger partial charge in [0.25, 0.3) is 0 Å². The fourth-order valence-corrected chi connectivity index (χ4v) is 2.64. The molecule has 1 heterocycles. The van der Waals surface area contributed by atoms with Crippen LogP contribution in [0.15, 0.2) is 24.3 Å². The van der Waals surface area contributed by atoms with Gasteiger partial charge in [0.05, 0.1) is 12.5 Å². The second kappa shape index (κ2) is 6.68. The van der Waals surface area contributed by atoms with E-state index in [1.807, 2.05) is 24.3 Å². The van der Waals surface area contributed by atoms with E-state index in [4.69, 9.17) is 9.84 Å². The fraction of sp³-hybridized carbons (Fsp3) is 0.533. The minimum atomic E-state index is -0.777. The third-order valence-corrected chi connectivity index (χ3v) is 3.65. The van der Waals surface area contributed by atoms with Crippen molar-refractivity contribution in [2.75, 3.05) is 20.2 Å². The Morgan fingerprint density at radius 2 is 2.16 bits per heavy atom. The molecule has 1 atom stereocenters. The van der Waals surface area contributed by atoms with Crippen LogP contribution in [0, 0.1) is 0 Å². The zero-order chi connectivity index (χ0) is 13.7. The van der Waals surface area contributed by atoms with Crippen LogP contribution in [0.2, 0.25) is 0 Å². The van der Waals surface area contributed by atoms with Crippen molar-refractivity contribution in [2.24, 2.45) is 0 Å². The van der Waals surface area contributed by atoms with Crippen LogP contribution in [-0.4, -0.2) is 42.3 Å². The van der Waals surface area contributed by atoms with Gasteiger partial charge in [-0.15, -0.1) is 0 Å². The molecule has 0 saturated carbocycles. The van der Waals surface area contributed by atoms with Crippen LogP contribution < -0.4 is 0 Å². The first-order valence-electron chi connectivity index (χ1n) is 6.72. The van der Waals surface area contributed by atoms with Crippen molar-refractivity contribution >= 4 is 5.97 Å². The lowest BCUT2D eigenvalue weighted by Crippen LogP contribution is -2.38. The molecule has 0 bridgehead atoms.